The number of rotatable bonds is 6. The van der Waals surface area contributed by atoms with Crippen LogP contribution in [0.1, 0.15) is 15.9 Å². The zero-order valence-corrected chi connectivity index (χ0v) is 15.8. The number of hydrogen-bond donors (Lipinski definition) is 1. The molecule has 24 heavy (non-hydrogen) atoms. The standard InChI is InChI=1S/C18H21BrN2O3/c1-21(2)11-12-7-5-6-8-14(12)20-18(22)13-9-15(23-3)17(19)16(10-13)24-4/h5-10H,11H2,1-4H3,(H,20,22). The minimum absolute atomic E-state index is 0.217. The highest BCUT2D eigenvalue weighted by atomic mass is 79.9. The molecule has 2 rings (SSSR count). The monoisotopic (exact) mass is 392 g/mol. The Bertz CT molecular complexity index is 707. The summed E-state index contributed by atoms with van der Waals surface area (Å²) >= 11 is 3.40. The van der Waals surface area contributed by atoms with Gasteiger partial charge in [-0.2, -0.15) is 0 Å². The van der Waals surface area contributed by atoms with Gasteiger partial charge >= 0.3 is 0 Å². The summed E-state index contributed by atoms with van der Waals surface area (Å²) in [5.74, 6) is 0.868. The van der Waals surface area contributed by atoms with E-state index in [2.05, 4.69) is 26.1 Å². The van der Waals surface area contributed by atoms with Gasteiger partial charge in [-0.25, -0.2) is 0 Å². The van der Waals surface area contributed by atoms with Crippen LogP contribution in [0.3, 0.4) is 0 Å². The number of methoxy groups -OCH3 is 2. The van der Waals surface area contributed by atoms with Crippen LogP contribution in [0.5, 0.6) is 11.5 Å². The van der Waals surface area contributed by atoms with Crippen molar-refractivity contribution in [3.05, 3.63) is 52.0 Å². The topological polar surface area (TPSA) is 50.8 Å². The Balaban J connectivity index is 2.31. The molecule has 0 radical (unpaired) electrons. The fourth-order valence-electron chi connectivity index (χ4n) is 2.32. The van der Waals surface area contributed by atoms with Crippen LogP contribution in [-0.4, -0.2) is 39.1 Å². The van der Waals surface area contributed by atoms with E-state index in [0.29, 0.717) is 21.5 Å². The Morgan fingerprint density at radius 2 is 1.71 bits per heavy atom. The number of ether oxygens (including phenoxy) is 2. The highest BCUT2D eigenvalue weighted by Gasteiger charge is 2.15. The lowest BCUT2D eigenvalue weighted by Gasteiger charge is -2.16. The number of nitrogens with zero attached hydrogens (tertiary/aromatic N) is 1. The van der Waals surface area contributed by atoms with Gasteiger partial charge in [-0.05, 0) is 53.8 Å². The minimum atomic E-state index is -0.217. The summed E-state index contributed by atoms with van der Waals surface area (Å²) in [7, 11) is 7.08. The van der Waals surface area contributed by atoms with Crippen LogP contribution in [-0.2, 0) is 6.54 Å². The van der Waals surface area contributed by atoms with Crippen molar-refractivity contribution in [1.82, 2.24) is 4.90 Å². The van der Waals surface area contributed by atoms with Gasteiger partial charge in [0.15, 0.2) is 0 Å². The van der Waals surface area contributed by atoms with Crippen LogP contribution < -0.4 is 14.8 Å². The maximum absolute atomic E-state index is 12.6. The molecule has 1 N–H and O–H groups in total. The van der Waals surface area contributed by atoms with E-state index >= 15 is 0 Å². The largest absolute Gasteiger partial charge is 0.495 e. The molecule has 2 aromatic carbocycles. The summed E-state index contributed by atoms with van der Waals surface area (Å²) in [4.78, 5) is 14.7. The SMILES string of the molecule is COc1cc(C(=O)Nc2ccccc2CN(C)C)cc(OC)c1Br. The normalized spacial score (nSPS) is 10.6. The highest BCUT2D eigenvalue weighted by molar-refractivity contribution is 9.10. The second-order valence-corrected chi connectivity index (χ2v) is 6.34. The molecule has 0 aliphatic heterocycles. The summed E-state index contributed by atoms with van der Waals surface area (Å²) in [5, 5.41) is 2.96. The molecule has 6 heteroatoms. The number of amides is 1. The maximum atomic E-state index is 12.6. The number of para-hydroxylation sites is 1. The van der Waals surface area contributed by atoms with Crippen LogP contribution in [0, 0.1) is 0 Å². The number of nitrogens with one attached hydrogen (secondary N) is 1. The molecular weight excluding hydrogens is 372 g/mol. The summed E-state index contributed by atoms with van der Waals surface area (Å²) in [5.41, 5.74) is 2.30. The first-order valence-corrected chi connectivity index (χ1v) is 8.21. The van der Waals surface area contributed by atoms with E-state index < -0.39 is 0 Å². The molecule has 0 aliphatic carbocycles. The van der Waals surface area contributed by atoms with E-state index in [0.717, 1.165) is 17.8 Å². The van der Waals surface area contributed by atoms with Crippen molar-refractivity contribution < 1.29 is 14.3 Å². The first kappa shape index (κ1) is 18.3. The zero-order chi connectivity index (χ0) is 17.7. The molecule has 128 valence electrons. The van der Waals surface area contributed by atoms with Gasteiger partial charge in [-0.3, -0.25) is 4.79 Å². The fourth-order valence-corrected chi connectivity index (χ4v) is 2.87. The number of halogens is 1. The molecule has 0 heterocycles. The van der Waals surface area contributed by atoms with E-state index in [4.69, 9.17) is 9.47 Å². The average Bonchev–Trinajstić information content (AvgIpc) is 2.56. The number of benzene rings is 2. The van der Waals surface area contributed by atoms with E-state index in [1.54, 1.807) is 26.4 Å². The molecule has 0 spiro atoms. The van der Waals surface area contributed by atoms with Gasteiger partial charge in [-0.1, -0.05) is 18.2 Å². The first-order chi connectivity index (χ1) is 11.5. The third-order valence-electron chi connectivity index (χ3n) is 3.46. The lowest BCUT2D eigenvalue weighted by Crippen LogP contribution is -2.17. The third-order valence-corrected chi connectivity index (χ3v) is 4.24. The Labute approximate surface area is 150 Å². The minimum Gasteiger partial charge on any atom is -0.495 e. The molecule has 2 aromatic rings. The summed E-state index contributed by atoms with van der Waals surface area (Å²) in [6.45, 7) is 0.740. The molecule has 0 aromatic heterocycles. The summed E-state index contributed by atoms with van der Waals surface area (Å²) < 4.78 is 11.3. The molecule has 0 saturated heterocycles. The Morgan fingerprint density at radius 1 is 1.12 bits per heavy atom. The highest BCUT2D eigenvalue weighted by Crippen LogP contribution is 2.35. The molecular formula is C18H21BrN2O3. The van der Waals surface area contributed by atoms with Crippen molar-refractivity contribution in [2.75, 3.05) is 33.6 Å². The number of carbonyl (C=O) groups excluding carboxylic acids is 1. The van der Waals surface area contributed by atoms with Crippen molar-refractivity contribution >= 4 is 27.5 Å². The first-order valence-electron chi connectivity index (χ1n) is 7.41. The number of hydrogen-bond acceptors (Lipinski definition) is 4. The van der Waals surface area contributed by atoms with Crippen LogP contribution >= 0.6 is 15.9 Å². The molecule has 1 amide bonds. The molecule has 0 unspecified atom stereocenters. The van der Waals surface area contributed by atoms with Gasteiger partial charge in [0, 0.05) is 17.8 Å². The molecule has 0 bridgehead atoms. The maximum Gasteiger partial charge on any atom is 0.255 e. The van der Waals surface area contributed by atoms with Crippen molar-refractivity contribution in [2.45, 2.75) is 6.54 Å². The van der Waals surface area contributed by atoms with Crippen molar-refractivity contribution in [3.63, 3.8) is 0 Å². The third kappa shape index (κ3) is 4.27. The Kier molecular flexibility index (Phi) is 6.23. The van der Waals surface area contributed by atoms with Crippen molar-refractivity contribution in [1.29, 1.82) is 0 Å². The van der Waals surface area contributed by atoms with Gasteiger partial charge in [-0.15, -0.1) is 0 Å². The molecule has 5 nitrogen and oxygen atoms in total. The van der Waals surface area contributed by atoms with Crippen molar-refractivity contribution in [2.24, 2.45) is 0 Å². The molecule has 0 fully saturated rings. The lowest BCUT2D eigenvalue weighted by atomic mass is 10.1. The summed E-state index contributed by atoms with van der Waals surface area (Å²) in [6.07, 6.45) is 0. The van der Waals surface area contributed by atoms with E-state index in [-0.39, 0.29) is 5.91 Å². The van der Waals surface area contributed by atoms with E-state index in [9.17, 15) is 4.79 Å². The molecule has 0 atom stereocenters. The predicted octanol–water partition coefficient (Wildman–Crippen LogP) is 3.78. The fraction of sp³-hybridized carbons (Fsp3) is 0.278. The second kappa shape index (κ2) is 8.17. The smallest absolute Gasteiger partial charge is 0.255 e. The molecule has 0 aliphatic rings. The van der Waals surface area contributed by atoms with Crippen molar-refractivity contribution in [3.8, 4) is 11.5 Å². The Hall–Kier alpha value is -2.05. The van der Waals surface area contributed by atoms with Gasteiger partial charge < -0.3 is 19.7 Å². The second-order valence-electron chi connectivity index (χ2n) is 5.54. The lowest BCUT2D eigenvalue weighted by molar-refractivity contribution is 0.102. The zero-order valence-electron chi connectivity index (χ0n) is 14.2. The van der Waals surface area contributed by atoms with Gasteiger partial charge in [0.25, 0.3) is 5.91 Å². The van der Waals surface area contributed by atoms with E-state index in [1.807, 2.05) is 38.4 Å². The van der Waals surface area contributed by atoms with Gasteiger partial charge in [0.2, 0.25) is 0 Å². The Morgan fingerprint density at radius 3 is 2.25 bits per heavy atom. The van der Waals surface area contributed by atoms with E-state index in [1.165, 1.54) is 0 Å². The van der Waals surface area contributed by atoms with Gasteiger partial charge in [0.05, 0.1) is 14.2 Å². The number of carbonyl (C=O) groups is 1. The average molecular weight is 393 g/mol. The quantitative estimate of drug-likeness (QED) is 0.812. The predicted molar refractivity (Wildman–Crippen MR) is 99.0 cm³/mol. The number of anilines is 1. The van der Waals surface area contributed by atoms with Crippen LogP contribution in [0.4, 0.5) is 5.69 Å². The summed E-state index contributed by atoms with van der Waals surface area (Å²) in [6, 6.07) is 11.1. The van der Waals surface area contributed by atoms with Crippen LogP contribution in [0.25, 0.3) is 0 Å². The molecule has 0 saturated carbocycles. The van der Waals surface area contributed by atoms with Crippen LogP contribution in [0.15, 0.2) is 40.9 Å². The van der Waals surface area contributed by atoms with Crippen LogP contribution in [0.2, 0.25) is 0 Å². The van der Waals surface area contributed by atoms with Gasteiger partial charge in [0.1, 0.15) is 16.0 Å².